The number of hydrogen-bond acceptors (Lipinski definition) is 3. The molecule has 0 amide bonds. The second-order valence-electron chi connectivity index (χ2n) is 11.7. The molecule has 0 fully saturated rings. The van der Waals surface area contributed by atoms with Crippen LogP contribution < -0.4 is 0 Å². The van der Waals surface area contributed by atoms with E-state index in [0.717, 1.165) is 55.8 Å². The maximum Gasteiger partial charge on any atom is 0.161 e. The average molecular weight is 601 g/mol. The number of aromatic nitrogens is 4. The molecule has 0 N–H and O–H groups in total. The van der Waals surface area contributed by atoms with Crippen molar-refractivity contribution in [3.8, 4) is 50.8 Å². The summed E-state index contributed by atoms with van der Waals surface area (Å²) in [5, 5.41) is 4.80. The van der Waals surface area contributed by atoms with E-state index in [1.807, 2.05) is 24.4 Å². The second kappa shape index (κ2) is 11.2. The molecule has 0 saturated carbocycles. The van der Waals surface area contributed by atoms with Gasteiger partial charge in [-0.25, -0.2) is 9.97 Å². The number of hydrogen-bond donors (Lipinski definition) is 0. The van der Waals surface area contributed by atoms with Crippen LogP contribution in [0, 0.1) is 0 Å². The normalized spacial score (nSPS) is 11.4. The molecule has 6 aromatic carbocycles. The van der Waals surface area contributed by atoms with E-state index >= 15 is 0 Å². The zero-order chi connectivity index (χ0) is 31.2. The Labute approximate surface area is 272 Å². The number of nitrogens with zero attached hydrogens (tertiary/aromatic N) is 4. The van der Waals surface area contributed by atoms with Gasteiger partial charge < -0.3 is 4.57 Å². The lowest BCUT2D eigenvalue weighted by Crippen LogP contribution is -1.97. The third-order valence-corrected chi connectivity index (χ3v) is 8.90. The summed E-state index contributed by atoms with van der Waals surface area (Å²) in [6.07, 6.45) is 1.82. The van der Waals surface area contributed by atoms with Crippen LogP contribution in [0.4, 0.5) is 0 Å². The van der Waals surface area contributed by atoms with Gasteiger partial charge in [0.1, 0.15) is 0 Å². The van der Waals surface area contributed by atoms with Crippen molar-refractivity contribution < 1.29 is 0 Å². The van der Waals surface area contributed by atoms with Crippen molar-refractivity contribution in [3.63, 3.8) is 0 Å². The molecule has 0 unspecified atom stereocenters. The molecule has 3 heterocycles. The van der Waals surface area contributed by atoms with Gasteiger partial charge in [0, 0.05) is 44.9 Å². The Morgan fingerprint density at radius 2 is 0.936 bits per heavy atom. The van der Waals surface area contributed by atoms with Gasteiger partial charge >= 0.3 is 0 Å². The van der Waals surface area contributed by atoms with Crippen LogP contribution in [0.3, 0.4) is 0 Å². The van der Waals surface area contributed by atoms with Crippen LogP contribution in [0.15, 0.2) is 170 Å². The summed E-state index contributed by atoms with van der Waals surface area (Å²) in [6, 6.07) is 57.2. The zero-order valence-electron chi connectivity index (χ0n) is 25.5. The third kappa shape index (κ3) is 4.75. The van der Waals surface area contributed by atoms with Crippen LogP contribution in [0.25, 0.3) is 83.4 Å². The Bertz CT molecular complexity index is 2490. The summed E-state index contributed by atoms with van der Waals surface area (Å²) in [6.45, 7) is 0. The first kappa shape index (κ1) is 27.0. The summed E-state index contributed by atoms with van der Waals surface area (Å²) >= 11 is 0. The van der Waals surface area contributed by atoms with Gasteiger partial charge in [0.15, 0.2) is 5.82 Å². The highest BCUT2D eigenvalue weighted by Crippen LogP contribution is 2.34. The van der Waals surface area contributed by atoms with E-state index in [1.54, 1.807) is 0 Å². The number of para-hydroxylation sites is 2. The third-order valence-electron chi connectivity index (χ3n) is 8.90. The van der Waals surface area contributed by atoms with E-state index in [-0.39, 0.29) is 0 Å². The molecule has 0 spiro atoms. The van der Waals surface area contributed by atoms with Crippen molar-refractivity contribution >= 4 is 32.6 Å². The van der Waals surface area contributed by atoms with Crippen molar-refractivity contribution in [1.82, 2.24) is 19.5 Å². The highest BCUT2D eigenvalue weighted by Gasteiger charge is 2.15. The number of fused-ring (bicyclic) bond motifs is 4. The lowest BCUT2D eigenvalue weighted by Gasteiger charge is -2.12. The van der Waals surface area contributed by atoms with E-state index in [0.29, 0.717) is 5.82 Å². The molecule has 0 aliphatic rings. The molecule has 0 bridgehead atoms. The van der Waals surface area contributed by atoms with E-state index in [4.69, 9.17) is 9.97 Å². The Balaban J connectivity index is 1.18. The standard InChI is InChI=1S/C43H28N4/c1-2-12-34-29(10-1)11-9-15-37(34)43-45-39(31-21-19-30(20-22-31)38-16-7-8-27-44-38)28-40(46-43)32-23-25-33(26-24-32)47-41-17-5-3-13-35(41)36-14-4-6-18-42(36)47/h1-28H. The molecule has 0 atom stereocenters. The maximum absolute atomic E-state index is 5.18. The minimum Gasteiger partial charge on any atom is -0.309 e. The fourth-order valence-corrected chi connectivity index (χ4v) is 6.61. The van der Waals surface area contributed by atoms with Crippen molar-refractivity contribution in [2.75, 3.05) is 0 Å². The summed E-state index contributed by atoms with van der Waals surface area (Å²) in [5.41, 5.74) is 10.3. The average Bonchev–Trinajstić information content (AvgIpc) is 3.49. The quantitative estimate of drug-likeness (QED) is 0.197. The lowest BCUT2D eigenvalue weighted by atomic mass is 10.0. The predicted molar refractivity (Wildman–Crippen MR) is 193 cm³/mol. The highest BCUT2D eigenvalue weighted by molar-refractivity contribution is 6.09. The molecular formula is C43H28N4. The number of pyridine rings is 1. The topological polar surface area (TPSA) is 43.6 Å². The minimum atomic E-state index is 0.703. The molecule has 0 aliphatic carbocycles. The van der Waals surface area contributed by atoms with Gasteiger partial charge in [0.05, 0.1) is 28.1 Å². The lowest BCUT2D eigenvalue weighted by molar-refractivity contribution is 1.17. The van der Waals surface area contributed by atoms with Crippen LogP contribution in [-0.4, -0.2) is 19.5 Å². The molecule has 47 heavy (non-hydrogen) atoms. The molecule has 4 nitrogen and oxygen atoms in total. The van der Waals surface area contributed by atoms with Gasteiger partial charge in [-0.15, -0.1) is 0 Å². The van der Waals surface area contributed by atoms with Crippen molar-refractivity contribution in [3.05, 3.63) is 170 Å². The van der Waals surface area contributed by atoms with Gasteiger partial charge in [-0.3, -0.25) is 4.98 Å². The number of benzene rings is 6. The summed E-state index contributed by atoms with van der Waals surface area (Å²) in [5.74, 6) is 0.703. The van der Waals surface area contributed by atoms with Gasteiger partial charge in [-0.05, 0) is 53.2 Å². The van der Waals surface area contributed by atoms with Gasteiger partial charge in [0.25, 0.3) is 0 Å². The minimum absolute atomic E-state index is 0.703. The first-order valence-corrected chi connectivity index (χ1v) is 15.8. The molecule has 0 radical (unpaired) electrons. The summed E-state index contributed by atoms with van der Waals surface area (Å²) in [4.78, 5) is 14.8. The van der Waals surface area contributed by atoms with Crippen molar-refractivity contribution in [1.29, 1.82) is 0 Å². The summed E-state index contributed by atoms with van der Waals surface area (Å²) in [7, 11) is 0. The first-order valence-electron chi connectivity index (χ1n) is 15.8. The Hall–Kier alpha value is -6.39. The number of rotatable bonds is 5. The van der Waals surface area contributed by atoms with E-state index < -0.39 is 0 Å². The zero-order valence-corrected chi connectivity index (χ0v) is 25.5. The predicted octanol–water partition coefficient (Wildman–Crippen LogP) is 10.8. The van der Waals surface area contributed by atoms with E-state index in [2.05, 4.69) is 155 Å². The van der Waals surface area contributed by atoms with Gasteiger partial charge in [0.2, 0.25) is 0 Å². The largest absolute Gasteiger partial charge is 0.309 e. The fraction of sp³-hybridized carbons (Fsp3) is 0. The Morgan fingerprint density at radius 1 is 0.404 bits per heavy atom. The van der Waals surface area contributed by atoms with Crippen LogP contribution in [-0.2, 0) is 0 Å². The molecule has 9 rings (SSSR count). The molecule has 0 saturated heterocycles. The second-order valence-corrected chi connectivity index (χ2v) is 11.7. The molecule has 4 heteroatoms. The van der Waals surface area contributed by atoms with Crippen molar-refractivity contribution in [2.24, 2.45) is 0 Å². The molecular weight excluding hydrogens is 573 g/mol. The molecule has 220 valence electrons. The van der Waals surface area contributed by atoms with Gasteiger partial charge in [-0.1, -0.05) is 121 Å². The Morgan fingerprint density at radius 3 is 1.57 bits per heavy atom. The first-order chi connectivity index (χ1) is 23.3. The van der Waals surface area contributed by atoms with Crippen LogP contribution in [0.2, 0.25) is 0 Å². The maximum atomic E-state index is 5.18. The smallest absolute Gasteiger partial charge is 0.161 e. The highest BCUT2D eigenvalue weighted by atomic mass is 15.0. The van der Waals surface area contributed by atoms with Crippen LogP contribution >= 0.6 is 0 Å². The van der Waals surface area contributed by atoms with Crippen molar-refractivity contribution in [2.45, 2.75) is 0 Å². The van der Waals surface area contributed by atoms with E-state index in [9.17, 15) is 0 Å². The molecule has 3 aromatic heterocycles. The Kier molecular flexibility index (Phi) is 6.43. The SMILES string of the molecule is c1ccc(-c2ccc(-c3cc(-c4ccc(-n5c6ccccc6c6ccccc65)cc4)nc(-c4cccc5ccccc45)n3)cc2)nc1. The van der Waals surface area contributed by atoms with Crippen LogP contribution in [0.5, 0.6) is 0 Å². The van der Waals surface area contributed by atoms with E-state index in [1.165, 1.54) is 21.8 Å². The summed E-state index contributed by atoms with van der Waals surface area (Å²) < 4.78 is 2.34. The fourth-order valence-electron chi connectivity index (χ4n) is 6.61. The molecule has 9 aromatic rings. The monoisotopic (exact) mass is 600 g/mol. The van der Waals surface area contributed by atoms with Crippen LogP contribution in [0.1, 0.15) is 0 Å². The molecule has 0 aliphatic heterocycles. The van der Waals surface area contributed by atoms with Gasteiger partial charge in [-0.2, -0.15) is 0 Å².